The minimum absolute atomic E-state index is 0.0194. The molecule has 0 amide bonds. The molecule has 166 valence electrons. The minimum atomic E-state index is -1.26. The lowest BCUT2D eigenvalue weighted by Crippen LogP contribution is -2.28. The molecule has 0 spiro atoms. The Morgan fingerprint density at radius 1 is 1.09 bits per heavy atom. The third-order valence-electron chi connectivity index (χ3n) is 5.09. The lowest BCUT2D eigenvalue weighted by molar-refractivity contribution is 0.501. The lowest BCUT2D eigenvalue weighted by Gasteiger charge is -2.20. The summed E-state index contributed by atoms with van der Waals surface area (Å²) in [4.78, 5) is 33.0. The molecule has 0 saturated heterocycles. The van der Waals surface area contributed by atoms with Crippen LogP contribution in [-0.2, 0) is 0 Å². The number of nitrogens with zero attached hydrogens (tertiary/aromatic N) is 5. The number of nitrogens with one attached hydrogen (secondary N) is 2. The van der Waals surface area contributed by atoms with Crippen molar-refractivity contribution in [1.29, 1.82) is 0 Å². The fraction of sp³-hybridized carbons (Fsp3) is 0.0952. The summed E-state index contributed by atoms with van der Waals surface area (Å²) in [5, 5.41) is 2.37. The van der Waals surface area contributed by atoms with E-state index >= 15 is 0 Å². The van der Waals surface area contributed by atoms with Crippen LogP contribution in [-0.4, -0.2) is 29.5 Å². The van der Waals surface area contributed by atoms with Gasteiger partial charge < -0.3 is 10.3 Å². The smallest absolute Gasteiger partial charge is 0.267 e. The van der Waals surface area contributed by atoms with Crippen LogP contribution in [0.2, 0.25) is 5.02 Å². The maximum Gasteiger partial charge on any atom is 0.267 e. The Labute approximate surface area is 188 Å². The number of anilines is 1. The number of halogens is 4. The summed E-state index contributed by atoms with van der Waals surface area (Å²) in [5.41, 5.74) is -0.250. The third-order valence-corrected chi connectivity index (χ3v) is 5.46. The van der Waals surface area contributed by atoms with Gasteiger partial charge in [-0.1, -0.05) is 17.7 Å². The highest BCUT2D eigenvalue weighted by Crippen LogP contribution is 2.28. The lowest BCUT2D eigenvalue weighted by atomic mass is 10.2. The van der Waals surface area contributed by atoms with E-state index in [9.17, 15) is 18.0 Å². The van der Waals surface area contributed by atoms with Crippen molar-refractivity contribution in [2.45, 2.75) is 13.0 Å². The summed E-state index contributed by atoms with van der Waals surface area (Å²) in [5.74, 6) is -2.89. The van der Waals surface area contributed by atoms with Crippen molar-refractivity contribution in [1.82, 2.24) is 29.5 Å². The molecule has 12 heteroatoms. The Hall–Kier alpha value is -3.99. The summed E-state index contributed by atoms with van der Waals surface area (Å²) in [6.07, 6.45) is 2.74. The second-order valence-electron chi connectivity index (χ2n) is 7.13. The maximum atomic E-state index is 14.8. The van der Waals surface area contributed by atoms with Crippen LogP contribution in [0.4, 0.5) is 19.0 Å². The predicted molar refractivity (Wildman–Crippen MR) is 116 cm³/mol. The van der Waals surface area contributed by atoms with Crippen molar-refractivity contribution in [2.24, 2.45) is 0 Å². The molecule has 0 radical (unpaired) electrons. The molecule has 3 heterocycles. The van der Waals surface area contributed by atoms with Crippen molar-refractivity contribution in [2.75, 3.05) is 5.32 Å². The molecule has 8 nitrogen and oxygen atoms in total. The molecule has 5 rings (SSSR count). The number of rotatable bonds is 4. The first-order valence-electron chi connectivity index (χ1n) is 9.62. The molecule has 0 aliphatic heterocycles. The second-order valence-corrected chi connectivity index (χ2v) is 7.51. The van der Waals surface area contributed by atoms with E-state index in [2.05, 4.69) is 30.2 Å². The summed E-state index contributed by atoms with van der Waals surface area (Å²) in [6, 6.07) is 4.99. The van der Waals surface area contributed by atoms with Crippen molar-refractivity contribution >= 4 is 39.5 Å². The van der Waals surface area contributed by atoms with Crippen LogP contribution in [0, 0.1) is 17.5 Å². The molecule has 3 aromatic heterocycles. The molecule has 0 fully saturated rings. The Kier molecular flexibility index (Phi) is 4.97. The van der Waals surface area contributed by atoms with Gasteiger partial charge in [0.25, 0.3) is 5.56 Å². The monoisotopic (exact) mass is 471 g/mol. The number of fused-ring (bicyclic) bond motifs is 2. The first kappa shape index (κ1) is 20.9. The Bertz CT molecular complexity index is 1600. The fourth-order valence-electron chi connectivity index (χ4n) is 3.56. The third kappa shape index (κ3) is 3.37. The number of aromatic nitrogens is 6. The van der Waals surface area contributed by atoms with E-state index in [1.807, 2.05) is 0 Å². The van der Waals surface area contributed by atoms with Crippen molar-refractivity contribution in [3.63, 3.8) is 0 Å². The van der Waals surface area contributed by atoms with Gasteiger partial charge in [-0.3, -0.25) is 9.36 Å². The molecule has 0 aliphatic rings. The van der Waals surface area contributed by atoms with Crippen LogP contribution in [0.5, 0.6) is 0 Å². The summed E-state index contributed by atoms with van der Waals surface area (Å²) < 4.78 is 43.8. The second kappa shape index (κ2) is 7.85. The number of hydrogen-bond donors (Lipinski definition) is 2. The summed E-state index contributed by atoms with van der Waals surface area (Å²) in [7, 11) is 0. The van der Waals surface area contributed by atoms with E-state index in [0.29, 0.717) is 17.0 Å². The van der Waals surface area contributed by atoms with E-state index in [1.165, 1.54) is 30.9 Å². The van der Waals surface area contributed by atoms with Gasteiger partial charge in [-0.25, -0.2) is 33.1 Å². The van der Waals surface area contributed by atoms with Crippen molar-refractivity contribution in [3.8, 4) is 5.69 Å². The molecule has 1 atom stereocenters. The first-order chi connectivity index (χ1) is 15.9. The number of imidazole rings is 1. The van der Waals surface area contributed by atoms with Gasteiger partial charge >= 0.3 is 0 Å². The van der Waals surface area contributed by atoms with Gasteiger partial charge in [0, 0.05) is 0 Å². The molecule has 0 unspecified atom stereocenters. The highest BCUT2D eigenvalue weighted by Gasteiger charge is 2.24. The van der Waals surface area contributed by atoms with Crippen LogP contribution in [0.15, 0.2) is 47.8 Å². The Balaban J connectivity index is 1.77. The molecule has 2 N–H and O–H groups in total. The van der Waals surface area contributed by atoms with Gasteiger partial charge in [-0.15, -0.1) is 0 Å². The van der Waals surface area contributed by atoms with E-state index in [1.54, 1.807) is 6.92 Å². The number of aromatic amines is 1. The van der Waals surface area contributed by atoms with Crippen LogP contribution in [0.3, 0.4) is 0 Å². The SMILES string of the molecule is C[C@H](Nc1ncnc2nc[nH]c12)c1nc2ccc(F)c(Cl)c2c(=O)n1-c1cccc(F)c1F. The topological polar surface area (TPSA) is 101 Å². The van der Waals surface area contributed by atoms with Crippen LogP contribution < -0.4 is 10.9 Å². The van der Waals surface area contributed by atoms with E-state index < -0.39 is 39.8 Å². The number of H-pyrrole nitrogens is 1. The summed E-state index contributed by atoms with van der Waals surface area (Å²) >= 11 is 6.04. The van der Waals surface area contributed by atoms with Gasteiger partial charge in [0.1, 0.15) is 23.5 Å². The van der Waals surface area contributed by atoms with Gasteiger partial charge in [0.15, 0.2) is 23.1 Å². The van der Waals surface area contributed by atoms with Gasteiger partial charge in [0.2, 0.25) is 0 Å². The molecule has 2 aromatic carbocycles. The van der Waals surface area contributed by atoms with Crippen molar-refractivity contribution in [3.05, 3.63) is 81.6 Å². The molecular formula is C21H13ClF3N7O. The van der Waals surface area contributed by atoms with Gasteiger partial charge in [0.05, 0.1) is 34.0 Å². The average molecular weight is 472 g/mol. The van der Waals surface area contributed by atoms with Crippen molar-refractivity contribution < 1.29 is 13.2 Å². The largest absolute Gasteiger partial charge is 0.358 e. The zero-order chi connectivity index (χ0) is 23.3. The number of benzene rings is 2. The predicted octanol–water partition coefficient (Wildman–Crippen LogP) is 4.30. The number of hydrogen-bond acceptors (Lipinski definition) is 6. The minimum Gasteiger partial charge on any atom is -0.358 e. The molecule has 0 bridgehead atoms. The van der Waals surface area contributed by atoms with Crippen LogP contribution >= 0.6 is 11.6 Å². The maximum absolute atomic E-state index is 14.8. The normalized spacial score (nSPS) is 12.4. The quantitative estimate of drug-likeness (QED) is 0.405. The van der Waals surface area contributed by atoms with Gasteiger partial charge in [-0.05, 0) is 31.2 Å². The van der Waals surface area contributed by atoms with Crippen LogP contribution in [0.25, 0.3) is 27.8 Å². The zero-order valence-corrected chi connectivity index (χ0v) is 17.5. The Morgan fingerprint density at radius 3 is 2.73 bits per heavy atom. The highest BCUT2D eigenvalue weighted by atomic mass is 35.5. The molecular weight excluding hydrogens is 459 g/mol. The van der Waals surface area contributed by atoms with E-state index in [-0.39, 0.29) is 16.7 Å². The van der Waals surface area contributed by atoms with Crippen LogP contribution in [0.1, 0.15) is 18.8 Å². The standard InChI is InChI=1S/C21H13ClF3N7O/c1-9(30-19-17-18(27-7-26-17)28-8-29-19)20-31-12-6-5-10(23)15(22)14(12)21(33)32(20)13-4-2-3-11(24)16(13)25/h2-9H,1H3,(H2,26,27,28,29,30)/t9-/m0/s1. The van der Waals surface area contributed by atoms with E-state index in [0.717, 1.165) is 16.7 Å². The molecule has 0 aliphatic carbocycles. The fourth-order valence-corrected chi connectivity index (χ4v) is 3.80. The van der Waals surface area contributed by atoms with Gasteiger partial charge in [-0.2, -0.15) is 0 Å². The summed E-state index contributed by atoms with van der Waals surface area (Å²) in [6.45, 7) is 1.65. The highest BCUT2D eigenvalue weighted by molar-refractivity contribution is 6.35. The Morgan fingerprint density at radius 2 is 1.91 bits per heavy atom. The van der Waals surface area contributed by atoms with E-state index in [4.69, 9.17) is 11.6 Å². The molecule has 5 aromatic rings. The molecule has 0 saturated carbocycles. The average Bonchev–Trinajstić information content (AvgIpc) is 3.28. The zero-order valence-electron chi connectivity index (χ0n) is 16.8. The first-order valence-corrected chi connectivity index (χ1v) is 10.00. The molecule has 33 heavy (non-hydrogen) atoms.